The van der Waals surface area contributed by atoms with E-state index in [-0.39, 0.29) is 5.91 Å². The van der Waals surface area contributed by atoms with E-state index < -0.39 is 6.10 Å². The molecule has 2 aliphatic rings. The van der Waals surface area contributed by atoms with Gasteiger partial charge in [-0.3, -0.25) is 4.79 Å². The lowest BCUT2D eigenvalue weighted by atomic mass is 9.91. The first-order valence-electron chi connectivity index (χ1n) is 10.5. The molecule has 0 unspecified atom stereocenters. The molecule has 0 aromatic heterocycles. The van der Waals surface area contributed by atoms with Crippen molar-refractivity contribution in [2.45, 2.75) is 70.8 Å². The molecule has 1 aromatic rings. The average molecular weight is 359 g/mol. The standard InChI is InChI=1S/C22H34N2O2/c1-18(26-21-13-8-11-19-10-4-5-12-20(19)21)22(25)23-14-9-17-24-15-6-2-3-7-16-24/h8,11,13,18H,2-7,9-10,12,14-17H2,1H3,(H,23,25)/t18-/m0/s1. The Labute approximate surface area is 158 Å². The lowest BCUT2D eigenvalue weighted by Gasteiger charge is -2.22. The Hall–Kier alpha value is -1.55. The first kappa shape index (κ1) is 19.2. The zero-order valence-electron chi connectivity index (χ0n) is 16.3. The highest BCUT2D eigenvalue weighted by atomic mass is 16.5. The second-order valence-electron chi connectivity index (χ2n) is 7.76. The van der Waals surface area contributed by atoms with Crippen LogP contribution in [0.4, 0.5) is 0 Å². The minimum atomic E-state index is -0.443. The fourth-order valence-electron chi connectivity index (χ4n) is 4.12. The van der Waals surface area contributed by atoms with Gasteiger partial charge in [0.25, 0.3) is 5.91 Å². The van der Waals surface area contributed by atoms with Crippen LogP contribution in [-0.4, -0.2) is 43.1 Å². The predicted molar refractivity (Wildman–Crippen MR) is 106 cm³/mol. The van der Waals surface area contributed by atoms with Crippen molar-refractivity contribution in [2.24, 2.45) is 0 Å². The molecule has 1 fully saturated rings. The normalized spacial score (nSPS) is 19.3. The third-order valence-corrected chi connectivity index (χ3v) is 5.67. The SMILES string of the molecule is C[C@H](Oc1cccc2c1CCCC2)C(=O)NCCCN1CCCCCC1. The van der Waals surface area contributed by atoms with Crippen LogP contribution in [0.2, 0.25) is 0 Å². The van der Waals surface area contributed by atoms with Crippen molar-refractivity contribution in [3.8, 4) is 5.75 Å². The number of carbonyl (C=O) groups is 1. The van der Waals surface area contributed by atoms with Crippen LogP contribution in [0.15, 0.2) is 18.2 Å². The molecule has 1 saturated heterocycles. The maximum atomic E-state index is 12.4. The maximum absolute atomic E-state index is 12.4. The molecule has 1 heterocycles. The second kappa shape index (κ2) is 9.96. The molecule has 1 atom stereocenters. The number of amides is 1. The monoisotopic (exact) mass is 358 g/mol. The zero-order valence-corrected chi connectivity index (χ0v) is 16.3. The molecule has 1 aromatic carbocycles. The van der Waals surface area contributed by atoms with Crippen molar-refractivity contribution in [1.82, 2.24) is 10.2 Å². The van der Waals surface area contributed by atoms with Crippen LogP contribution < -0.4 is 10.1 Å². The number of hydrogen-bond acceptors (Lipinski definition) is 3. The number of aryl methyl sites for hydroxylation is 1. The molecule has 0 radical (unpaired) electrons. The molecule has 144 valence electrons. The van der Waals surface area contributed by atoms with Gasteiger partial charge in [0.05, 0.1) is 0 Å². The second-order valence-corrected chi connectivity index (χ2v) is 7.76. The molecule has 0 spiro atoms. The van der Waals surface area contributed by atoms with E-state index in [9.17, 15) is 4.79 Å². The summed E-state index contributed by atoms with van der Waals surface area (Å²) in [4.78, 5) is 14.9. The van der Waals surface area contributed by atoms with Crippen LogP contribution in [0.5, 0.6) is 5.75 Å². The Morgan fingerprint density at radius 3 is 2.69 bits per heavy atom. The molecule has 4 heteroatoms. The van der Waals surface area contributed by atoms with Crippen LogP contribution >= 0.6 is 0 Å². The summed E-state index contributed by atoms with van der Waals surface area (Å²) < 4.78 is 6.02. The van der Waals surface area contributed by atoms with Crippen LogP contribution in [0, 0.1) is 0 Å². The number of fused-ring (bicyclic) bond motifs is 1. The van der Waals surface area contributed by atoms with E-state index >= 15 is 0 Å². The average Bonchev–Trinajstić information content (AvgIpc) is 2.94. The molecule has 4 nitrogen and oxygen atoms in total. The van der Waals surface area contributed by atoms with Gasteiger partial charge in [-0.15, -0.1) is 0 Å². The highest BCUT2D eigenvalue weighted by Crippen LogP contribution is 2.30. The van der Waals surface area contributed by atoms with Crippen LogP contribution in [0.25, 0.3) is 0 Å². The molecule has 0 bridgehead atoms. The first-order valence-corrected chi connectivity index (χ1v) is 10.5. The minimum absolute atomic E-state index is 0.00530. The van der Waals surface area contributed by atoms with Crippen molar-refractivity contribution in [1.29, 1.82) is 0 Å². The van der Waals surface area contributed by atoms with Crippen molar-refractivity contribution in [3.63, 3.8) is 0 Å². The lowest BCUT2D eigenvalue weighted by molar-refractivity contribution is -0.127. The summed E-state index contributed by atoms with van der Waals surface area (Å²) in [7, 11) is 0. The van der Waals surface area contributed by atoms with E-state index in [0.717, 1.165) is 38.1 Å². The van der Waals surface area contributed by atoms with Gasteiger partial charge in [-0.05, 0) is 88.7 Å². The summed E-state index contributed by atoms with van der Waals surface area (Å²) in [5.74, 6) is 0.892. The number of ether oxygens (including phenoxy) is 1. The summed E-state index contributed by atoms with van der Waals surface area (Å²) in [5.41, 5.74) is 2.69. The molecule has 3 rings (SSSR count). The van der Waals surface area contributed by atoms with Crippen molar-refractivity contribution >= 4 is 5.91 Å². The highest BCUT2D eigenvalue weighted by molar-refractivity contribution is 5.80. The number of rotatable bonds is 7. The number of likely N-dealkylation sites (tertiary alicyclic amines) is 1. The Balaban J connectivity index is 1.41. The summed E-state index contributed by atoms with van der Waals surface area (Å²) >= 11 is 0. The molecule has 1 N–H and O–H groups in total. The van der Waals surface area contributed by atoms with E-state index in [4.69, 9.17) is 4.74 Å². The van der Waals surface area contributed by atoms with E-state index in [1.165, 1.54) is 62.7 Å². The minimum Gasteiger partial charge on any atom is -0.481 e. The maximum Gasteiger partial charge on any atom is 0.260 e. The summed E-state index contributed by atoms with van der Waals surface area (Å²) in [6.07, 6.45) is 10.6. The Kier molecular flexibility index (Phi) is 7.36. The van der Waals surface area contributed by atoms with Gasteiger partial charge in [0.1, 0.15) is 5.75 Å². The van der Waals surface area contributed by atoms with Gasteiger partial charge in [-0.1, -0.05) is 25.0 Å². The van der Waals surface area contributed by atoms with Gasteiger partial charge in [0, 0.05) is 6.54 Å². The largest absolute Gasteiger partial charge is 0.481 e. The lowest BCUT2D eigenvalue weighted by Crippen LogP contribution is -2.38. The van der Waals surface area contributed by atoms with Gasteiger partial charge in [-0.25, -0.2) is 0 Å². The fraction of sp³-hybridized carbons (Fsp3) is 0.682. The molecular weight excluding hydrogens is 324 g/mol. The van der Waals surface area contributed by atoms with Crippen LogP contribution in [0.1, 0.15) is 63.0 Å². The van der Waals surface area contributed by atoms with E-state index in [2.05, 4.69) is 16.3 Å². The molecule has 1 amide bonds. The Morgan fingerprint density at radius 2 is 1.88 bits per heavy atom. The molecular formula is C22H34N2O2. The number of hydrogen-bond donors (Lipinski definition) is 1. The quantitative estimate of drug-likeness (QED) is 0.756. The molecule has 26 heavy (non-hydrogen) atoms. The van der Waals surface area contributed by atoms with E-state index in [1.807, 2.05) is 19.1 Å². The van der Waals surface area contributed by atoms with Crippen molar-refractivity contribution in [2.75, 3.05) is 26.2 Å². The smallest absolute Gasteiger partial charge is 0.260 e. The first-order chi connectivity index (χ1) is 12.7. The summed E-state index contributed by atoms with van der Waals surface area (Å²) in [5, 5.41) is 3.05. The number of nitrogens with one attached hydrogen (secondary N) is 1. The molecule has 1 aliphatic heterocycles. The van der Waals surface area contributed by atoms with Crippen molar-refractivity contribution < 1.29 is 9.53 Å². The van der Waals surface area contributed by atoms with Crippen molar-refractivity contribution in [3.05, 3.63) is 29.3 Å². The van der Waals surface area contributed by atoms with Gasteiger partial charge in [0.2, 0.25) is 0 Å². The summed E-state index contributed by atoms with van der Waals surface area (Å²) in [6.45, 7) is 6.10. The third kappa shape index (κ3) is 5.47. The topological polar surface area (TPSA) is 41.6 Å². The molecule has 1 aliphatic carbocycles. The van der Waals surface area contributed by atoms with Gasteiger partial charge in [0.15, 0.2) is 6.10 Å². The number of benzene rings is 1. The van der Waals surface area contributed by atoms with Crippen LogP contribution in [0.3, 0.4) is 0 Å². The summed E-state index contributed by atoms with van der Waals surface area (Å²) in [6, 6.07) is 6.24. The zero-order chi connectivity index (χ0) is 18.2. The Bertz CT molecular complexity index is 580. The van der Waals surface area contributed by atoms with E-state index in [0.29, 0.717) is 0 Å². The van der Waals surface area contributed by atoms with Gasteiger partial charge in [-0.2, -0.15) is 0 Å². The van der Waals surface area contributed by atoms with E-state index in [1.54, 1.807) is 0 Å². The van der Waals surface area contributed by atoms with Crippen LogP contribution in [-0.2, 0) is 17.6 Å². The fourth-order valence-corrected chi connectivity index (χ4v) is 4.12. The Morgan fingerprint density at radius 1 is 1.12 bits per heavy atom. The van der Waals surface area contributed by atoms with Gasteiger partial charge >= 0.3 is 0 Å². The third-order valence-electron chi connectivity index (χ3n) is 5.67. The predicted octanol–water partition coefficient (Wildman–Crippen LogP) is 3.72. The van der Waals surface area contributed by atoms with Gasteiger partial charge < -0.3 is 15.0 Å². The molecule has 0 saturated carbocycles. The number of carbonyl (C=O) groups excluding carboxylic acids is 1. The number of nitrogens with zero attached hydrogens (tertiary/aromatic N) is 1. The highest BCUT2D eigenvalue weighted by Gasteiger charge is 2.19.